The third-order valence-electron chi connectivity index (χ3n) is 4.23. The number of benzene rings is 1. The Bertz CT molecular complexity index is 748. The number of ether oxygens (including phenoxy) is 2. The van der Waals surface area contributed by atoms with Gasteiger partial charge in [0.05, 0.1) is 26.0 Å². The molecule has 0 radical (unpaired) electrons. The van der Waals surface area contributed by atoms with Crippen molar-refractivity contribution in [2.45, 2.75) is 40.3 Å². The molecule has 2 N–H and O–H groups in total. The van der Waals surface area contributed by atoms with Crippen molar-refractivity contribution in [1.82, 2.24) is 20.4 Å². The number of methoxy groups -OCH3 is 1. The summed E-state index contributed by atoms with van der Waals surface area (Å²) in [5.74, 6) is 1.67. The summed E-state index contributed by atoms with van der Waals surface area (Å²) in [5.41, 5.74) is 3.30. The normalized spacial score (nSPS) is 11.1. The van der Waals surface area contributed by atoms with Gasteiger partial charge in [-0.05, 0) is 39.3 Å². The Morgan fingerprint density at radius 3 is 2.69 bits per heavy atom. The Balaban J connectivity index is 0.00000420. The summed E-state index contributed by atoms with van der Waals surface area (Å²) < 4.78 is 13.1. The molecule has 0 amide bonds. The predicted molar refractivity (Wildman–Crippen MR) is 128 cm³/mol. The van der Waals surface area contributed by atoms with Gasteiger partial charge in [-0.25, -0.2) is 0 Å². The molecule has 0 saturated carbocycles. The lowest BCUT2D eigenvalue weighted by Crippen LogP contribution is -2.39. The maximum atomic E-state index is 5.75. The van der Waals surface area contributed by atoms with E-state index in [-0.39, 0.29) is 24.0 Å². The van der Waals surface area contributed by atoms with Crippen molar-refractivity contribution >= 4 is 29.9 Å². The van der Waals surface area contributed by atoms with Gasteiger partial charge in [0, 0.05) is 37.4 Å². The van der Waals surface area contributed by atoms with Gasteiger partial charge in [-0.15, -0.1) is 24.0 Å². The van der Waals surface area contributed by atoms with Gasteiger partial charge in [0.2, 0.25) is 0 Å². The molecule has 0 aliphatic heterocycles. The van der Waals surface area contributed by atoms with Crippen LogP contribution in [0, 0.1) is 13.8 Å². The molecule has 1 aromatic heterocycles. The van der Waals surface area contributed by atoms with Gasteiger partial charge in [0.25, 0.3) is 0 Å². The van der Waals surface area contributed by atoms with Crippen LogP contribution >= 0.6 is 24.0 Å². The lowest BCUT2D eigenvalue weighted by atomic mass is 10.2. The molecule has 0 bridgehead atoms. The number of hydrogen-bond acceptors (Lipinski definition) is 4. The molecule has 0 aliphatic rings. The molecular weight excluding hydrogens is 481 g/mol. The van der Waals surface area contributed by atoms with E-state index in [1.807, 2.05) is 35.9 Å². The predicted octanol–water partition coefficient (Wildman–Crippen LogP) is 3.29. The number of nitrogens with zero attached hydrogens (tertiary/aromatic N) is 3. The second-order valence-corrected chi connectivity index (χ2v) is 6.56. The summed E-state index contributed by atoms with van der Waals surface area (Å²) in [4.78, 5) is 4.63. The van der Waals surface area contributed by atoms with E-state index in [1.54, 1.807) is 7.11 Å². The van der Waals surface area contributed by atoms with Crippen LogP contribution < -0.4 is 15.4 Å². The number of para-hydroxylation sites is 1. The lowest BCUT2D eigenvalue weighted by Gasteiger charge is -2.12. The number of aromatic nitrogens is 2. The van der Waals surface area contributed by atoms with Crippen LogP contribution in [0.15, 0.2) is 35.3 Å². The van der Waals surface area contributed by atoms with Crippen molar-refractivity contribution in [2.24, 2.45) is 4.99 Å². The Kier molecular flexibility index (Phi) is 12.4. The van der Waals surface area contributed by atoms with Gasteiger partial charge in [0.1, 0.15) is 5.75 Å². The highest BCUT2D eigenvalue weighted by molar-refractivity contribution is 14.0. The molecule has 162 valence electrons. The van der Waals surface area contributed by atoms with Gasteiger partial charge in [-0.3, -0.25) is 9.67 Å². The lowest BCUT2D eigenvalue weighted by molar-refractivity contribution is 0.123. The van der Waals surface area contributed by atoms with Crippen molar-refractivity contribution in [3.05, 3.63) is 47.3 Å². The van der Waals surface area contributed by atoms with E-state index < -0.39 is 0 Å². The van der Waals surface area contributed by atoms with Gasteiger partial charge >= 0.3 is 0 Å². The second kappa shape index (κ2) is 14.2. The minimum Gasteiger partial charge on any atom is -0.496 e. The van der Waals surface area contributed by atoms with E-state index in [4.69, 9.17) is 9.47 Å². The quantitative estimate of drug-likeness (QED) is 0.208. The van der Waals surface area contributed by atoms with Crippen LogP contribution in [0.4, 0.5) is 0 Å². The molecule has 8 heteroatoms. The summed E-state index contributed by atoms with van der Waals surface area (Å²) in [6.45, 7) is 10.4. The third kappa shape index (κ3) is 9.03. The van der Waals surface area contributed by atoms with E-state index in [9.17, 15) is 0 Å². The molecule has 0 atom stereocenters. The first kappa shape index (κ1) is 25.2. The zero-order chi connectivity index (χ0) is 20.2. The summed E-state index contributed by atoms with van der Waals surface area (Å²) in [6.07, 6.45) is 0.947. The molecule has 0 spiro atoms. The first-order valence-electron chi connectivity index (χ1n) is 9.87. The van der Waals surface area contributed by atoms with Crippen LogP contribution in [-0.4, -0.2) is 49.1 Å². The monoisotopic (exact) mass is 515 g/mol. The van der Waals surface area contributed by atoms with Crippen molar-refractivity contribution in [3.8, 4) is 5.75 Å². The van der Waals surface area contributed by atoms with E-state index >= 15 is 0 Å². The first-order valence-corrected chi connectivity index (χ1v) is 9.87. The van der Waals surface area contributed by atoms with Gasteiger partial charge in [-0.2, -0.15) is 5.10 Å². The second-order valence-electron chi connectivity index (χ2n) is 6.56. The number of guanidine groups is 1. The van der Waals surface area contributed by atoms with Crippen LogP contribution in [-0.2, 0) is 17.9 Å². The zero-order valence-electron chi connectivity index (χ0n) is 17.9. The number of aliphatic imine (C=N–C) groups is 1. The number of aryl methyl sites for hydroxylation is 3. The van der Waals surface area contributed by atoms with E-state index in [0.717, 1.165) is 49.0 Å². The number of nitrogens with one attached hydrogen (secondary N) is 2. The average Bonchev–Trinajstić information content (AvgIpc) is 3.02. The molecular formula is C21H34IN5O2. The topological polar surface area (TPSA) is 72.7 Å². The maximum Gasteiger partial charge on any atom is 0.191 e. The molecule has 29 heavy (non-hydrogen) atoms. The summed E-state index contributed by atoms with van der Waals surface area (Å²) >= 11 is 0. The fraction of sp³-hybridized carbons (Fsp3) is 0.524. The van der Waals surface area contributed by atoms with Crippen molar-refractivity contribution in [3.63, 3.8) is 0 Å². The Morgan fingerprint density at radius 1 is 1.21 bits per heavy atom. The molecule has 2 rings (SSSR count). The maximum absolute atomic E-state index is 5.75. The molecule has 0 aliphatic carbocycles. The molecule has 0 saturated heterocycles. The first-order chi connectivity index (χ1) is 13.6. The van der Waals surface area contributed by atoms with E-state index in [2.05, 4.69) is 40.6 Å². The van der Waals surface area contributed by atoms with Crippen molar-refractivity contribution < 1.29 is 9.47 Å². The van der Waals surface area contributed by atoms with E-state index in [1.165, 1.54) is 5.69 Å². The number of rotatable bonds is 11. The van der Waals surface area contributed by atoms with Gasteiger partial charge in [0.15, 0.2) is 5.96 Å². The van der Waals surface area contributed by atoms with E-state index in [0.29, 0.717) is 19.8 Å². The SMILES string of the molecule is CCNC(=NCCCn1nc(C)cc1C)NCCOCc1ccccc1OC.I. The zero-order valence-corrected chi connectivity index (χ0v) is 20.2. The third-order valence-corrected chi connectivity index (χ3v) is 4.23. The van der Waals surface area contributed by atoms with Gasteiger partial charge in [-0.1, -0.05) is 18.2 Å². The van der Waals surface area contributed by atoms with Crippen LogP contribution in [0.25, 0.3) is 0 Å². The van der Waals surface area contributed by atoms with Crippen LogP contribution in [0.1, 0.15) is 30.3 Å². The highest BCUT2D eigenvalue weighted by Crippen LogP contribution is 2.17. The standard InChI is InChI=1S/C21H33N5O2.HI/c1-5-22-21(23-11-8-13-26-18(3)15-17(2)25-26)24-12-14-28-16-19-9-6-7-10-20(19)27-4;/h6-7,9-10,15H,5,8,11-14,16H2,1-4H3,(H2,22,23,24);1H. The fourth-order valence-electron chi connectivity index (χ4n) is 2.90. The highest BCUT2D eigenvalue weighted by Gasteiger charge is 2.03. The minimum absolute atomic E-state index is 0. The fourth-order valence-corrected chi connectivity index (χ4v) is 2.90. The summed E-state index contributed by atoms with van der Waals surface area (Å²) in [7, 11) is 1.67. The minimum atomic E-state index is 0. The van der Waals surface area contributed by atoms with Crippen LogP contribution in [0.5, 0.6) is 5.75 Å². The smallest absolute Gasteiger partial charge is 0.191 e. The molecule has 1 heterocycles. The highest BCUT2D eigenvalue weighted by atomic mass is 127. The Labute approximate surface area is 191 Å². The molecule has 1 aromatic carbocycles. The van der Waals surface area contributed by atoms with Crippen molar-refractivity contribution in [2.75, 3.05) is 33.4 Å². The summed E-state index contributed by atoms with van der Waals surface area (Å²) in [6, 6.07) is 10.00. The van der Waals surface area contributed by atoms with Crippen LogP contribution in [0.3, 0.4) is 0 Å². The molecule has 2 aromatic rings. The van der Waals surface area contributed by atoms with Crippen LogP contribution in [0.2, 0.25) is 0 Å². The number of hydrogen-bond donors (Lipinski definition) is 2. The molecule has 0 fully saturated rings. The molecule has 7 nitrogen and oxygen atoms in total. The molecule has 0 unspecified atom stereocenters. The average molecular weight is 515 g/mol. The number of halogens is 1. The Morgan fingerprint density at radius 2 is 2.00 bits per heavy atom. The van der Waals surface area contributed by atoms with Gasteiger partial charge < -0.3 is 20.1 Å². The largest absolute Gasteiger partial charge is 0.496 e. The van der Waals surface area contributed by atoms with Crippen molar-refractivity contribution in [1.29, 1.82) is 0 Å². The summed E-state index contributed by atoms with van der Waals surface area (Å²) in [5, 5.41) is 11.1. The Hall–Kier alpha value is -1.81.